The molecule has 1 aliphatic carbocycles. The summed E-state index contributed by atoms with van der Waals surface area (Å²) in [5, 5.41) is 19.0. The smallest absolute Gasteiger partial charge is 0.232 e. The van der Waals surface area contributed by atoms with Crippen molar-refractivity contribution in [3.8, 4) is 0 Å². The van der Waals surface area contributed by atoms with Gasteiger partial charge in [0, 0.05) is 36.9 Å². The molecule has 5 rings (SSSR count). The molecule has 2 saturated heterocycles. The third kappa shape index (κ3) is 4.65. The van der Waals surface area contributed by atoms with Gasteiger partial charge >= 0.3 is 0 Å². The molecule has 32 heavy (non-hydrogen) atoms. The van der Waals surface area contributed by atoms with Crippen LogP contribution in [-0.4, -0.2) is 71.3 Å². The first-order valence-corrected chi connectivity index (χ1v) is 12.0. The number of rotatable bonds is 3. The van der Waals surface area contributed by atoms with Gasteiger partial charge in [0.1, 0.15) is 10.7 Å². The minimum absolute atomic E-state index is 0.0961. The quantitative estimate of drug-likeness (QED) is 0.544. The van der Waals surface area contributed by atoms with Crippen molar-refractivity contribution in [2.45, 2.75) is 69.7 Å². The Hall–Kier alpha value is -2.10. The number of likely N-dealkylation sites (tertiary alicyclic amines) is 1. The van der Waals surface area contributed by atoms with E-state index in [-0.39, 0.29) is 5.90 Å². The van der Waals surface area contributed by atoms with Crippen molar-refractivity contribution in [1.82, 2.24) is 20.2 Å². The van der Waals surface area contributed by atoms with Crippen LogP contribution in [0, 0.1) is 5.41 Å². The number of fused-ring (bicyclic) bond motifs is 4. The third-order valence-corrected chi connectivity index (χ3v) is 7.25. The summed E-state index contributed by atoms with van der Waals surface area (Å²) in [7, 11) is 0. The number of halogens is 1. The third-order valence-electron chi connectivity index (χ3n) is 6.97. The number of anilines is 2. The molecule has 174 valence electrons. The van der Waals surface area contributed by atoms with Gasteiger partial charge in [-0.15, -0.1) is 0 Å². The first-order valence-electron chi connectivity index (χ1n) is 11.7. The molecule has 4 N–H and O–H groups in total. The average Bonchev–Trinajstić information content (AvgIpc) is 3.42. The summed E-state index contributed by atoms with van der Waals surface area (Å²) in [5.74, 6) is 1.07. The van der Waals surface area contributed by atoms with Crippen LogP contribution < -0.4 is 16.0 Å². The predicted octanol–water partition coefficient (Wildman–Crippen LogP) is 2.96. The van der Waals surface area contributed by atoms with E-state index in [9.17, 15) is 0 Å². The first kappa shape index (κ1) is 21.7. The Labute approximate surface area is 193 Å². The molecular weight excluding hydrogens is 430 g/mol. The fourth-order valence-electron chi connectivity index (χ4n) is 5.32. The molecule has 1 aromatic heterocycles. The molecular formula is C22H32ClN7O2. The van der Waals surface area contributed by atoms with Crippen molar-refractivity contribution in [2.75, 3.05) is 36.9 Å². The molecule has 0 radical (unpaired) electrons. The lowest BCUT2D eigenvalue weighted by Crippen LogP contribution is -2.47. The number of allylic oxidation sites excluding steroid dienone is 1. The maximum atomic E-state index is 8.47. The Morgan fingerprint density at radius 2 is 2.12 bits per heavy atom. The van der Waals surface area contributed by atoms with Crippen LogP contribution in [0.25, 0.3) is 0 Å². The van der Waals surface area contributed by atoms with Crippen molar-refractivity contribution >= 4 is 29.3 Å². The van der Waals surface area contributed by atoms with Crippen LogP contribution in [0.15, 0.2) is 17.6 Å². The second-order valence-corrected chi connectivity index (χ2v) is 9.57. The van der Waals surface area contributed by atoms with E-state index in [0.29, 0.717) is 59.9 Å². The SMILES string of the molecule is C/C(NC1CCC(N2CC3CC2CO3)CC1)=C1\Nc2ncc(Cl)c(n2)NCCCOC1=N. The second-order valence-electron chi connectivity index (χ2n) is 9.16. The number of morpholine rings is 1. The summed E-state index contributed by atoms with van der Waals surface area (Å²) in [6.45, 7) is 5.10. The highest BCUT2D eigenvalue weighted by Gasteiger charge is 2.42. The number of hydrogen-bond acceptors (Lipinski definition) is 9. The molecule has 2 atom stereocenters. The Morgan fingerprint density at radius 1 is 1.28 bits per heavy atom. The van der Waals surface area contributed by atoms with Gasteiger partial charge < -0.3 is 25.4 Å². The zero-order valence-electron chi connectivity index (χ0n) is 18.5. The number of ether oxygens (including phenoxy) is 2. The zero-order chi connectivity index (χ0) is 22.1. The zero-order valence-corrected chi connectivity index (χ0v) is 19.2. The van der Waals surface area contributed by atoms with E-state index in [4.69, 9.17) is 26.5 Å². The maximum absolute atomic E-state index is 8.47. The molecule has 1 saturated carbocycles. The Morgan fingerprint density at radius 3 is 2.88 bits per heavy atom. The van der Waals surface area contributed by atoms with Crippen molar-refractivity contribution < 1.29 is 9.47 Å². The molecule has 2 unspecified atom stereocenters. The molecule has 0 aromatic carbocycles. The van der Waals surface area contributed by atoms with Crippen molar-refractivity contribution in [3.05, 3.63) is 22.6 Å². The van der Waals surface area contributed by atoms with Crippen LogP contribution in [0.1, 0.15) is 45.4 Å². The van der Waals surface area contributed by atoms with Crippen LogP contribution in [-0.2, 0) is 9.47 Å². The minimum Gasteiger partial charge on any atom is -0.476 e. The van der Waals surface area contributed by atoms with E-state index < -0.39 is 0 Å². The molecule has 4 heterocycles. The van der Waals surface area contributed by atoms with Crippen molar-refractivity contribution in [3.63, 3.8) is 0 Å². The highest BCUT2D eigenvalue weighted by atomic mass is 35.5. The van der Waals surface area contributed by atoms with E-state index in [1.54, 1.807) is 6.20 Å². The van der Waals surface area contributed by atoms with E-state index >= 15 is 0 Å². The molecule has 4 bridgehead atoms. The van der Waals surface area contributed by atoms with Crippen molar-refractivity contribution in [1.29, 1.82) is 5.41 Å². The number of hydrogen-bond donors (Lipinski definition) is 4. The lowest BCUT2D eigenvalue weighted by atomic mass is 9.89. The molecule has 0 amide bonds. The summed E-state index contributed by atoms with van der Waals surface area (Å²) >= 11 is 6.20. The molecule has 10 heteroatoms. The van der Waals surface area contributed by atoms with E-state index in [0.717, 1.165) is 38.1 Å². The van der Waals surface area contributed by atoms with Gasteiger partial charge in [0.15, 0.2) is 5.82 Å². The molecule has 3 aliphatic heterocycles. The van der Waals surface area contributed by atoms with E-state index in [2.05, 4.69) is 30.8 Å². The summed E-state index contributed by atoms with van der Waals surface area (Å²) < 4.78 is 11.5. The topological polar surface area (TPSA) is 107 Å². The van der Waals surface area contributed by atoms with Crippen LogP contribution in [0.5, 0.6) is 0 Å². The lowest BCUT2D eigenvalue weighted by Gasteiger charge is -2.39. The highest BCUT2D eigenvalue weighted by molar-refractivity contribution is 6.32. The van der Waals surface area contributed by atoms with Gasteiger partial charge in [-0.2, -0.15) is 4.98 Å². The van der Waals surface area contributed by atoms with Gasteiger partial charge in [-0.3, -0.25) is 10.3 Å². The average molecular weight is 462 g/mol. The number of nitrogens with zero attached hydrogens (tertiary/aromatic N) is 3. The van der Waals surface area contributed by atoms with Gasteiger partial charge in [-0.25, -0.2) is 4.98 Å². The first-order chi connectivity index (χ1) is 15.6. The summed E-state index contributed by atoms with van der Waals surface area (Å²) in [5.41, 5.74) is 1.44. The van der Waals surface area contributed by atoms with Gasteiger partial charge in [0.25, 0.3) is 0 Å². The summed E-state index contributed by atoms with van der Waals surface area (Å²) in [4.78, 5) is 11.4. The second kappa shape index (κ2) is 9.41. The Bertz CT molecular complexity index is 887. The minimum atomic E-state index is 0.0961. The molecule has 1 aromatic rings. The standard InChI is InChI=1S/C22H32ClN7O2/c1-13(27-14-3-5-15(6-4-14)30-11-17-9-16(30)12-32-17)19-20(24)31-8-2-7-25-21-18(23)10-26-22(28-19)29-21/h10,14-17,24,27H,2-9,11-12H2,1H3,(H2,25,26,28,29)/b19-13+,24-20?. The van der Waals surface area contributed by atoms with Gasteiger partial charge in [0.05, 0.1) is 25.5 Å². The monoisotopic (exact) mass is 461 g/mol. The normalized spacial score (nSPS) is 32.4. The van der Waals surface area contributed by atoms with Crippen LogP contribution in [0.4, 0.5) is 11.8 Å². The molecule has 4 aliphatic rings. The molecule has 9 nitrogen and oxygen atoms in total. The predicted molar refractivity (Wildman–Crippen MR) is 124 cm³/mol. The summed E-state index contributed by atoms with van der Waals surface area (Å²) in [6, 6.07) is 1.68. The largest absolute Gasteiger partial charge is 0.476 e. The fraction of sp³-hybridized carbons (Fsp3) is 0.682. The number of aromatic nitrogens is 2. The van der Waals surface area contributed by atoms with Gasteiger partial charge in [-0.05, 0) is 45.4 Å². The summed E-state index contributed by atoms with van der Waals surface area (Å²) in [6.07, 6.45) is 8.60. The van der Waals surface area contributed by atoms with E-state index in [1.807, 2.05) is 6.92 Å². The lowest BCUT2D eigenvalue weighted by molar-refractivity contribution is 0.00230. The Balaban J connectivity index is 1.25. The maximum Gasteiger partial charge on any atom is 0.232 e. The molecule has 0 spiro atoms. The highest BCUT2D eigenvalue weighted by Crippen LogP contribution is 2.34. The van der Waals surface area contributed by atoms with Crippen LogP contribution in [0.2, 0.25) is 5.02 Å². The molecule has 3 fully saturated rings. The van der Waals surface area contributed by atoms with Crippen LogP contribution >= 0.6 is 11.6 Å². The van der Waals surface area contributed by atoms with Crippen LogP contribution in [0.3, 0.4) is 0 Å². The van der Waals surface area contributed by atoms with E-state index in [1.165, 1.54) is 19.3 Å². The van der Waals surface area contributed by atoms with Crippen molar-refractivity contribution in [2.24, 2.45) is 0 Å². The Kier molecular flexibility index (Phi) is 6.39. The van der Waals surface area contributed by atoms with Gasteiger partial charge in [0.2, 0.25) is 11.8 Å². The fourth-order valence-corrected chi connectivity index (χ4v) is 5.47. The van der Waals surface area contributed by atoms with Gasteiger partial charge in [-0.1, -0.05) is 11.6 Å². The number of nitrogens with one attached hydrogen (secondary N) is 4.